The Labute approximate surface area is 169 Å². The summed E-state index contributed by atoms with van der Waals surface area (Å²) in [7, 11) is 0. The molecule has 1 aromatic heterocycles. The summed E-state index contributed by atoms with van der Waals surface area (Å²) in [6.07, 6.45) is 6.13. The number of fused-ring (bicyclic) bond motifs is 1. The highest BCUT2D eigenvalue weighted by Crippen LogP contribution is 2.48. The first-order valence-electron chi connectivity index (χ1n) is 10.4. The van der Waals surface area contributed by atoms with E-state index in [-0.39, 0.29) is 17.8 Å². The standard InChI is InChI=1S/C22H25FN4O2/c23-17-4-1-3-16(11-17)22(7-8-22)20(28)25-18-5-2-9-27(13-18)21-24-12-15-14-29-10-6-19(15)26-21/h1,3-4,11-12,18H,2,5-10,13-14H2,(H,25,28)/t18-/m0/s1. The number of carbonyl (C=O) groups is 1. The van der Waals surface area contributed by atoms with Crippen LogP contribution in [0.4, 0.5) is 10.3 Å². The van der Waals surface area contributed by atoms with E-state index in [0.29, 0.717) is 19.8 Å². The molecule has 1 aliphatic carbocycles. The van der Waals surface area contributed by atoms with E-state index in [0.717, 1.165) is 61.4 Å². The largest absolute Gasteiger partial charge is 0.376 e. The molecule has 0 bridgehead atoms. The van der Waals surface area contributed by atoms with E-state index < -0.39 is 5.41 Å². The Kier molecular flexibility index (Phi) is 4.70. The van der Waals surface area contributed by atoms with Gasteiger partial charge in [-0.3, -0.25) is 4.79 Å². The molecule has 6 nitrogen and oxygen atoms in total. The van der Waals surface area contributed by atoms with Crippen molar-refractivity contribution in [2.75, 3.05) is 24.6 Å². The Morgan fingerprint density at radius 2 is 2.24 bits per heavy atom. The predicted molar refractivity (Wildman–Crippen MR) is 106 cm³/mol. The third-order valence-corrected chi connectivity index (χ3v) is 6.28. The Bertz CT molecular complexity index is 931. The molecule has 1 aromatic carbocycles. The van der Waals surface area contributed by atoms with E-state index >= 15 is 0 Å². The van der Waals surface area contributed by atoms with Gasteiger partial charge in [-0.05, 0) is 43.4 Å². The number of rotatable bonds is 4. The zero-order chi connectivity index (χ0) is 19.8. The van der Waals surface area contributed by atoms with Crippen LogP contribution in [0.15, 0.2) is 30.5 Å². The molecule has 2 aromatic rings. The van der Waals surface area contributed by atoms with Gasteiger partial charge in [0.2, 0.25) is 11.9 Å². The van der Waals surface area contributed by atoms with Crippen molar-refractivity contribution in [1.29, 1.82) is 0 Å². The quantitative estimate of drug-likeness (QED) is 0.860. The van der Waals surface area contributed by atoms with Crippen molar-refractivity contribution in [3.8, 4) is 0 Å². The molecule has 0 spiro atoms. The van der Waals surface area contributed by atoms with Crippen molar-refractivity contribution in [2.24, 2.45) is 0 Å². The summed E-state index contributed by atoms with van der Waals surface area (Å²) in [6.45, 7) is 2.86. The van der Waals surface area contributed by atoms with Crippen molar-refractivity contribution < 1.29 is 13.9 Å². The van der Waals surface area contributed by atoms with Crippen LogP contribution in [0.25, 0.3) is 0 Å². The number of carbonyl (C=O) groups excluding carboxylic acids is 1. The molecule has 1 N–H and O–H groups in total. The van der Waals surface area contributed by atoms with Crippen molar-refractivity contribution in [3.05, 3.63) is 53.1 Å². The molecule has 152 valence electrons. The van der Waals surface area contributed by atoms with Gasteiger partial charge in [0.25, 0.3) is 0 Å². The molecule has 29 heavy (non-hydrogen) atoms. The molecule has 0 unspecified atom stereocenters. The van der Waals surface area contributed by atoms with Crippen LogP contribution >= 0.6 is 0 Å². The fraction of sp³-hybridized carbons (Fsp3) is 0.500. The molecule has 1 saturated heterocycles. The molecule has 3 aliphatic rings. The molecular weight excluding hydrogens is 371 g/mol. The monoisotopic (exact) mass is 396 g/mol. The topological polar surface area (TPSA) is 67.4 Å². The maximum absolute atomic E-state index is 13.6. The van der Waals surface area contributed by atoms with E-state index in [9.17, 15) is 9.18 Å². The van der Waals surface area contributed by atoms with Crippen molar-refractivity contribution in [1.82, 2.24) is 15.3 Å². The molecular formula is C22H25FN4O2. The normalized spacial score (nSPS) is 22.7. The summed E-state index contributed by atoms with van der Waals surface area (Å²) in [5, 5.41) is 3.22. The summed E-state index contributed by atoms with van der Waals surface area (Å²) in [5.41, 5.74) is 2.35. The minimum atomic E-state index is -0.563. The van der Waals surface area contributed by atoms with Gasteiger partial charge in [-0.15, -0.1) is 0 Å². The zero-order valence-electron chi connectivity index (χ0n) is 16.4. The van der Waals surface area contributed by atoms with E-state index in [1.165, 1.54) is 12.1 Å². The summed E-state index contributed by atoms with van der Waals surface area (Å²) in [5.74, 6) is 0.453. The number of benzene rings is 1. The molecule has 1 atom stereocenters. The third kappa shape index (κ3) is 3.59. The number of hydrogen-bond donors (Lipinski definition) is 1. The lowest BCUT2D eigenvalue weighted by Crippen LogP contribution is -2.50. The first-order chi connectivity index (χ1) is 14.1. The molecule has 1 saturated carbocycles. The number of nitrogens with one attached hydrogen (secondary N) is 1. The molecule has 2 fully saturated rings. The Hall–Kier alpha value is -2.54. The highest BCUT2D eigenvalue weighted by Gasteiger charge is 2.51. The van der Waals surface area contributed by atoms with Gasteiger partial charge >= 0.3 is 0 Å². The van der Waals surface area contributed by atoms with Gasteiger partial charge in [0.1, 0.15) is 5.82 Å². The summed E-state index contributed by atoms with van der Waals surface area (Å²) in [4.78, 5) is 24.5. The lowest BCUT2D eigenvalue weighted by atomic mass is 9.94. The second-order valence-electron chi connectivity index (χ2n) is 8.30. The third-order valence-electron chi connectivity index (χ3n) is 6.28. The van der Waals surface area contributed by atoms with Crippen LogP contribution in [0.2, 0.25) is 0 Å². The smallest absolute Gasteiger partial charge is 0.230 e. The minimum Gasteiger partial charge on any atom is -0.376 e. The number of hydrogen-bond acceptors (Lipinski definition) is 5. The van der Waals surface area contributed by atoms with Crippen molar-refractivity contribution >= 4 is 11.9 Å². The maximum Gasteiger partial charge on any atom is 0.230 e. The average Bonchev–Trinajstić information content (AvgIpc) is 3.56. The first-order valence-corrected chi connectivity index (χ1v) is 10.4. The fourth-order valence-corrected chi connectivity index (χ4v) is 4.43. The van der Waals surface area contributed by atoms with Gasteiger partial charge < -0.3 is 15.0 Å². The van der Waals surface area contributed by atoms with Crippen LogP contribution in [0.5, 0.6) is 0 Å². The van der Waals surface area contributed by atoms with Gasteiger partial charge in [-0.25, -0.2) is 14.4 Å². The van der Waals surface area contributed by atoms with E-state index in [1.54, 1.807) is 6.07 Å². The lowest BCUT2D eigenvalue weighted by molar-refractivity contribution is -0.124. The predicted octanol–water partition coefficient (Wildman–Crippen LogP) is 2.51. The van der Waals surface area contributed by atoms with Crippen LogP contribution in [0.3, 0.4) is 0 Å². The summed E-state index contributed by atoms with van der Waals surface area (Å²) in [6, 6.07) is 6.49. The van der Waals surface area contributed by atoms with Crippen LogP contribution in [0, 0.1) is 5.82 Å². The molecule has 3 heterocycles. The second kappa shape index (κ2) is 7.37. The van der Waals surface area contributed by atoms with Gasteiger partial charge in [0, 0.05) is 37.3 Å². The Balaban J connectivity index is 1.27. The van der Waals surface area contributed by atoms with Crippen molar-refractivity contribution in [3.63, 3.8) is 0 Å². The van der Waals surface area contributed by atoms with Crippen LogP contribution < -0.4 is 10.2 Å². The van der Waals surface area contributed by atoms with Crippen LogP contribution in [-0.2, 0) is 28.0 Å². The molecule has 0 radical (unpaired) electrons. The molecule has 2 aliphatic heterocycles. The minimum absolute atomic E-state index is 0.0125. The Morgan fingerprint density at radius 3 is 3.07 bits per heavy atom. The van der Waals surface area contributed by atoms with Gasteiger partial charge in [0.05, 0.1) is 24.3 Å². The number of anilines is 1. The van der Waals surface area contributed by atoms with Gasteiger partial charge in [-0.2, -0.15) is 0 Å². The number of amides is 1. The average molecular weight is 396 g/mol. The summed E-state index contributed by atoms with van der Waals surface area (Å²) >= 11 is 0. The number of aromatic nitrogens is 2. The number of halogens is 1. The first kappa shape index (κ1) is 18.5. The van der Waals surface area contributed by atoms with E-state index in [2.05, 4.69) is 15.2 Å². The molecule has 5 rings (SSSR count). The second-order valence-corrected chi connectivity index (χ2v) is 8.30. The van der Waals surface area contributed by atoms with Gasteiger partial charge in [-0.1, -0.05) is 12.1 Å². The maximum atomic E-state index is 13.6. The number of ether oxygens (including phenoxy) is 1. The summed E-state index contributed by atoms with van der Waals surface area (Å²) < 4.78 is 19.1. The SMILES string of the molecule is O=C(N[C@H]1CCCN(c2ncc3c(n2)CCOC3)C1)C1(c2cccc(F)c2)CC1. The van der Waals surface area contributed by atoms with E-state index in [4.69, 9.17) is 9.72 Å². The van der Waals surface area contributed by atoms with Crippen LogP contribution in [0.1, 0.15) is 42.5 Å². The van der Waals surface area contributed by atoms with E-state index in [1.807, 2.05) is 12.3 Å². The number of nitrogens with zero attached hydrogens (tertiary/aromatic N) is 3. The highest BCUT2D eigenvalue weighted by atomic mass is 19.1. The Morgan fingerprint density at radius 1 is 1.34 bits per heavy atom. The van der Waals surface area contributed by atoms with Gasteiger partial charge in [0.15, 0.2) is 0 Å². The lowest BCUT2D eigenvalue weighted by Gasteiger charge is -2.34. The van der Waals surface area contributed by atoms with Crippen molar-refractivity contribution in [2.45, 2.75) is 50.2 Å². The number of piperidine rings is 1. The molecule has 7 heteroatoms. The fourth-order valence-electron chi connectivity index (χ4n) is 4.43. The zero-order valence-corrected chi connectivity index (χ0v) is 16.4. The molecule has 1 amide bonds. The highest BCUT2D eigenvalue weighted by molar-refractivity contribution is 5.91. The van der Waals surface area contributed by atoms with Crippen LogP contribution in [-0.4, -0.2) is 41.6 Å².